The summed E-state index contributed by atoms with van der Waals surface area (Å²) in [5.74, 6) is -2.05. The molecular formula is C18H11ClF3N5O2. The van der Waals surface area contributed by atoms with Crippen molar-refractivity contribution in [1.29, 1.82) is 0 Å². The van der Waals surface area contributed by atoms with Crippen LogP contribution >= 0.6 is 11.6 Å². The summed E-state index contributed by atoms with van der Waals surface area (Å²) in [4.78, 5) is 19.9. The Morgan fingerprint density at radius 3 is 2.55 bits per heavy atom. The number of imidazole rings is 1. The van der Waals surface area contributed by atoms with Gasteiger partial charge in [0.2, 0.25) is 5.82 Å². The van der Waals surface area contributed by atoms with Gasteiger partial charge in [-0.15, -0.1) is 0 Å². The summed E-state index contributed by atoms with van der Waals surface area (Å²) in [6, 6.07) is 10.0. The van der Waals surface area contributed by atoms with Crippen LogP contribution in [-0.4, -0.2) is 25.4 Å². The fourth-order valence-corrected chi connectivity index (χ4v) is 2.69. The lowest BCUT2D eigenvalue weighted by Gasteiger charge is -2.03. The van der Waals surface area contributed by atoms with Crippen molar-refractivity contribution < 1.29 is 22.5 Å². The van der Waals surface area contributed by atoms with Crippen LogP contribution in [0.4, 0.5) is 13.2 Å². The molecule has 0 atom stereocenters. The molecule has 1 aromatic carbocycles. The Bertz CT molecular complexity index is 1180. The first kappa shape index (κ1) is 18.9. The molecule has 11 heteroatoms. The number of fused-ring (bicyclic) bond motifs is 1. The second kappa shape index (κ2) is 7.21. The van der Waals surface area contributed by atoms with Crippen molar-refractivity contribution in [3.8, 4) is 11.4 Å². The number of pyridine rings is 1. The molecule has 3 heterocycles. The number of halogens is 4. The number of nitrogens with one attached hydrogen (secondary N) is 1. The lowest BCUT2D eigenvalue weighted by atomic mass is 10.2. The van der Waals surface area contributed by atoms with E-state index >= 15 is 0 Å². The highest BCUT2D eigenvalue weighted by Crippen LogP contribution is 2.29. The third-order valence-electron chi connectivity index (χ3n) is 3.98. The molecule has 4 aromatic rings. The number of carbonyl (C=O) groups is 1. The molecule has 4 rings (SSSR count). The van der Waals surface area contributed by atoms with Crippen molar-refractivity contribution in [1.82, 2.24) is 24.8 Å². The first-order valence-electron chi connectivity index (χ1n) is 8.22. The molecule has 0 fully saturated rings. The van der Waals surface area contributed by atoms with Gasteiger partial charge in [-0.25, -0.2) is 4.98 Å². The molecule has 0 unspecified atom stereocenters. The van der Waals surface area contributed by atoms with Crippen LogP contribution in [0.1, 0.15) is 21.9 Å². The first-order valence-corrected chi connectivity index (χ1v) is 8.60. The minimum atomic E-state index is -4.72. The fraction of sp³-hybridized carbons (Fsp3) is 0.111. The second-order valence-electron chi connectivity index (χ2n) is 6.04. The molecule has 3 aromatic heterocycles. The van der Waals surface area contributed by atoms with Gasteiger partial charge >= 0.3 is 12.1 Å². The minimum Gasteiger partial charge on any atom is -0.347 e. The zero-order chi connectivity index (χ0) is 20.6. The Morgan fingerprint density at radius 2 is 1.86 bits per heavy atom. The van der Waals surface area contributed by atoms with Crippen molar-refractivity contribution in [3.05, 3.63) is 71.0 Å². The number of hydrogen-bond donors (Lipinski definition) is 1. The molecule has 0 saturated carbocycles. The van der Waals surface area contributed by atoms with Gasteiger partial charge in [0.1, 0.15) is 11.3 Å². The zero-order valence-electron chi connectivity index (χ0n) is 14.4. The van der Waals surface area contributed by atoms with Crippen molar-refractivity contribution in [2.75, 3.05) is 0 Å². The van der Waals surface area contributed by atoms with Gasteiger partial charge in [-0.2, -0.15) is 18.2 Å². The van der Waals surface area contributed by atoms with E-state index in [4.69, 9.17) is 11.6 Å². The number of amides is 1. The molecule has 1 N–H and O–H groups in total. The fourth-order valence-electron chi connectivity index (χ4n) is 2.56. The van der Waals surface area contributed by atoms with Crippen LogP contribution in [0.2, 0.25) is 5.02 Å². The number of rotatable bonds is 4. The summed E-state index contributed by atoms with van der Waals surface area (Å²) in [5.41, 5.74) is 1.73. The van der Waals surface area contributed by atoms with E-state index in [1.807, 2.05) is 0 Å². The Balaban J connectivity index is 1.52. The van der Waals surface area contributed by atoms with Crippen LogP contribution in [0.15, 0.2) is 53.3 Å². The number of aromatic nitrogens is 4. The van der Waals surface area contributed by atoms with E-state index in [1.54, 1.807) is 24.3 Å². The van der Waals surface area contributed by atoms with Crippen molar-refractivity contribution in [3.63, 3.8) is 0 Å². The Hall–Kier alpha value is -3.40. The van der Waals surface area contributed by atoms with Crippen molar-refractivity contribution in [2.45, 2.75) is 12.7 Å². The third kappa shape index (κ3) is 4.06. The molecule has 0 bridgehead atoms. The van der Waals surface area contributed by atoms with Crippen LogP contribution in [-0.2, 0) is 12.7 Å². The second-order valence-corrected chi connectivity index (χ2v) is 6.48. The highest BCUT2D eigenvalue weighted by molar-refractivity contribution is 6.30. The third-order valence-corrected chi connectivity index (χ3v) is 4.23. The quantitative estimate of drug-likeness (QED) is 0.538. The Morgan fingerprint density at radius 1 is 1.10 bits per heavy atom. The van der Waals surface area contributed by atoms with Crippen LogP contribution in [0, 0.1) is 0 Å². The molecule has 7 nitrogen and oxygen atoms in total. The zero-order valence-corrected chi connectivity index (χ0v) is 15.2. The number of hydrogen-bond acceptors (Lipinski definition) is 5. The molecule has 0 spiro atoms. The summed E-state index contributed by atoms with van der Waals surface area (Å²) in [6.45, 7) is 0.290. The maximum Gasteiger partial charge on any atom is 0.471 e. The Kier molecular flexibility index (Phi) is 4.71. The van der Waals surface area contributed by atoms with Crippen LogP contribution in [0.3, 0.4) is 0 Å². The summed E-state index contributed by atoms with van der Waals surface area (Å²) >= 11 is 5.83. The summed E-state index contributed by atoms with van der Waals surface area (Å²) in [5, 5.41) is 6.68. The van der Waals surface area contributed by atoms with E-state index in [0.717, 1.165) is 5.56 Å². The Labute approximate surface area is 166 Å². The molecule has 29 heavy (non-hydrogen) atoms. The van der Waals surface area contributed by atoms with Gasteiger partial charge < -0.3 is 14.2 Å². The average Bonchev–Trinajstić information content (AvgIpc) is 3.33. The number of nitrogens with zero attached hydrogens (tertiary/aromatic N) is 4. The predicted octanol–water partition coefficient (Wildman–Crippen LogP) is 3.99. The topological polar surface area (TPSA) is 85.3 Å². The number of benzene rings is 1. The summed E-state index contributed by atoms with van der Waals surface area (Å²) < 4.78 is 43.6. The SMILES string of the molecule is O=C(NCc1ccc(Cl)cc1)c1cn2cc(-c3noc(C(F)(F)F)n3)ccc2n1. The molecule has 0 radical (unpaired) electrons. The van der Waals surface area contributed by atoms with E-state index < -0.39 is 18.0 Å². The summed E-state index contributed by atoms with van der Waals surface area (Å²) in [7, 11) is 0. The minimum absolute atomic E-state index is 0.153. The average molecular weight is 422 g/mol. The van der Waals surface area contributed by atoms with E-state index in [-0.39, 0.29) is 23.6 Å². The lowest BCUT2D eigenvalue weighted by Crippen LogP contribution is -2.23. The maximum absolute atomic E-state index is 12.6. The van der Waals surface area contributed by atoms with E-state index in [0.29, 0.717) is 10.7 Å². The number of alkyl halides is 3. The number of carbonyl (C=O) groups excluding carboxylic acids is 1. The normalized spacial score (nSPS) is 11.7. The largest absolute Gasteiger partial charge is 0.471 e. The maximum atomic E-state index is 12.6. The van der Waals surface area contributed by atoms with Gasteiger partial charge in [-0.3, -0.25) is 4.79 Å². The standard InChI is InChI=1S/C18H11ClF3N5O2/c19-12-4-1-10(2-5-12)7-23-16(28)13-9-27-8-11(3-6-14(27)24-13)15-25-17(29-26-15)18(20,21)22/h1-6,8-9H,7H2,(H,23,28). The van der Waals surface area contributed by atoms with E-state index in [1.165, 1.54) is 28.9 Å². The van der Waals surface area contributed by atoms with Gasteiger partial charge in [-0.05, 0) is 29.8 Å². The van der Waals surface area contributed by atoms with Crippen LogP contribution < -0.4 is 5.32 Å². The van der Waals surface area contributed by atoms with Crippen molar-refractivity contribution >= 4 is 23.2 Å². The van der Waals surface area contributed by atoms with E-state index in [2.05, 4.69) is 25.0 Å². The molecular weight excluding hydrogens is 411 g/mol. The molecule has 0 aliphatic heterocycles. The van der Waals surface area contributed by atoms with Gasteiger partial charge in [-0.1, -0.05) is 28.9 Å². The van der Waals surface area contributed by atoms with Crippen LogP contribution in [0.25, 0.3) is 17.0 Å². The van der Waals surface area contributed by atoms with Gasteiger partial charge in [0, 0.05) is 29.5 Å². The first-order chi connectivity index (χ1) is 13.8. The van der Waals surface area contributed by atoms with E-state index in [9.17, 15) is 18.0 Å². The van der Waals surface area contributed by atoms with Crippen LogP contribution in [0.5, 0.6) is 0 Å². The predicted molar refractivity (Wildman–Crippen MR) is 96.1 cm³/mol. The van der Waals surface area contributed by atoms with Gasteiger partial charge in [0.05, 0.1) is 0 Å². The molecule has 0 saturated heterocycles. The monoisotopic (exact) mass is 421 g/mol. The highest BCUT2D eigenvalue weighted by atomic mass is 35.5. The lowest BCUT2D eigenvalue weighted by molar-refractivity contribution is -0.159. The molecule has 0 aliphatic carbocycles. The smallest absolute Gasteiger partial charge is 0.347 e. The summed E-state index contributed by atoms with van der Waals surface area (Å²) in [6.07, 6.45) is -1.80. The van der Waals surface area contributed by atoms with Crippen molar-refractivity contribution in [2.24, 2.45) is 0 Å². The molecule has 148 valence electrons. The molecule has 0 aliphatic rings. The highest BCUT2D eigenvalue weighted by Gasteiger charge is 2.38. The van der Waals surface area contributed by atoms with Gasteiger partial charge in [0.25, 0.3) is 5.91 Å². The molecule has 1 amide bonds. The van der Waals surface area contributed by atoms with Gasteiger partial charge in [0.15, 0.2) is 0 Å².